The van der Waals surface area contributed by atoms with Crippen molar-refractivity contribution in [2.24, 2.45) is 0 Å². The minimum atomic E-state index is -0.548. The number of aryl methyl sites for hydroxylation is 1. The van der Waals surface area contributed by atoms with Crippen LogP contribution in [0.1, 0.15) is 23.7 Å². The number of anilines is 2. The Bertz CT molecular complexity index is 1190. The molecule has 8 nitrogen and oxygen atoms in total. The van der Waals surface area contributed by atoms with Gasteiger partial charge < -0.3 is 20.3 Å². The lowest BCUT2D eigenvalue weighted by atomic mass is 10.1. The molecule has 0 spiro atoms. The molecule has 0 aliphatic carbocycles. The highest BCUT2D eigenvalue weighted by atomic mass is 19.1. The first-order valence-electron chi connectivity index (χ1n) is 11.9. The number of carbonyl (C=O) groups excluding carboxylic acids is 2. The van der Waals surface area contributed by atoms with Crippen LogP contribution >= 0.6 is 0 Å². The SMILES string of the molecule is Cc1ccc(NC(=O)Nc2cccc(CN3CCN(C(=O)OCc4ccccc4)[C@@H](C)C3)c2F)cn1. The number of hydrogen-bond acceptors (Lipinski definition) is 5. The quantitative estimate of drug-likeness (QED) is 0.506. The van der Waals surface area contributed by atoms with E-state index in [2.05, 4.69) is 20.5 Å². The molecule has 0 saturated carbocycles. The summed E-state index contributed by atoms with van der Waals surface area (Å²) in [7, 11) is 0. The molecule has 1 fully saturated rings. The molecule has 3 amide bonds. The zero-order chi connectivity index (χ0) is 25.5. The van der Waals surface area contributed by atoms with Crippen molar-refractivity contribution in [3.05, 3.63) is 89.5 Å². The van der Waals surface area contributed by atoms with Gasteiger partial charge in [-0.1, -0.05) is 42.5 Å². The Morgan fingerprint density at radius 1 is 1.06 bits per heavy atom. The molecule has 0 bridgehead atoms. The van der Waals surface area contributed by atoms with Gasteiger partial charge in [-0.3, -0.25) is 9.88 Å². The van der Waals surface area contributed by atoms with Crippen molar-refractivity contribution < 1.29 is 18.7 Å². The number of benzene rings is 2. The van der Waals surface area contributed by atoms with E-state index in [9.17, 15) is 9.59 Å². The second-order valence-electron chi connectivity index (χ2n) is 8.86. The molecule has 36 heavy (non-hydrogen) atoms. The predicted octanol–water partition coefficient (Wildman–Crippen LogP) is 5.02. The number of pyridine rings is 1. The highest BCUT2D eigenvalue weighted by molar-refractivity contribution is 5.99. The first kappa shape index (κ1) is 25.1. The minimum Gasteiger partial charge on any atom is -0.445 e. The average Bonchev–Trinajstić information content (AvgIpc) is 2.87. The van der Waals surface area contributed by atoms with E-state index < -0.39 is 11.8 Å². The third-order valence-electron chi connectivity index (χ3n) is 6.04. The number of nitrogens with zero attached hydrogens (tertiary/aromatic N) is 3. The maximum absolute atomic E-state index is 15.2. The van der Waals surface area contributed by atoms with Gasteiger partial charge in [-0.25, -0.2) is 14.0 Å². The molecule has 1 aromatic heterocycles. The number of carbonyl (C=O) groups is 2. The molecule has 1 aliphatic rings. The lowest BCUT2D eigenvalue weighted by Crippen LogP contribution is -2.53. The zero-order valence-electron chi connectivity index (χ0n) is 20.4. The fourth-order valence-electron chi connectivity index (χ4n) is 4.12. The average molecular weight is 492 g/mol. The van der Waals surface area contributed by atoms with Gasteiger partial charge in [-0.05, 0) is 37.6 Å². The number of nitrogens with one attached hydrogen (secondary N) is 2. The van der Waals surface area contributed by atoms with Crippen molar-refractivity contribution in [2.75, 3.05) is 30.3 Å². The van der Waals surface area contributed by atoms with Crippen molar-refractivity contribution >= 4 is 23.5 Å². The van der Waals surface area contributed by atoms with Crippen molar-refractivity contribution in [3.8, 4) is 0 Å². The summed E-state index contributed by atoms with van der Waals surface area (Å²) in [6.07, 6.45) is 1.19. The second-order valence-corrected chi connectivity index (χ2v) is 8.86. The van der Waals surface area contributed by atoms with Gasteiger partial charge >= 0.3 is 12.1 Å². The number of piperazine rings is 1. The molecule has 4 rings (SSSR count). The molecule has 2 heterocycles. The van der Waals surface area contributed by atoms with Crippen LogP contribution in [0, 0.1) is 12.7 Å². The Labute approximate surface area is 210 Å². The number of urea groups is 1. The van der Waals surface area contributed by atoms with E-state index in [0.29, 0.717) is 37.4 Å². The summed E-state index contributed by atoms with van der Waals surface area (Å²) in [4.78, 5) is 32.8. The van der Waals surface area contributed by atoms with E-state index in [1.54, 1.807) is 35.4 Å². The highest BCUT2D eigenvalue weighted by Gasteiger charge is 2.29. The summed E-state index contributed by atoms with van der Waals surface area (Å²) in [6.45, 7) is 6.05. The molecule has 1 aliphatic heterocycles. The van der Waals surface area contributed by atoms with Crippen LogP contribution in [0.4, 0.5) is 25.4 Å². The first-order chi connectivity index (χ1) is 17.4. The van der Waals surface area contributed by atoms with Crippen LogP contribution in [0.2, 0.25) is 0 Å². The fourth-order valence-corrected chi connectivity index (χ4v) is 4.12. The lowest BCUT2D eigenvalue weighted by Gasteiger charge is -2.39. The number of hydrogen-bond donors (Lipinski definition) is 2. The fraction of sp³-hybridized carbons (Fsp3) is 0.296. The lowest BCUT2D eigenvalue weighted by molar-refractivity contribution is 0.0456. The highest BCUT2D eigenvalue weighted by Crippen LogP contribution is 2.22. The number of halogens is 1. The second kappa shape index (κ2) is 11.6. The monoisotopic (exact) mass is 491 g/mol. The third-order valence-corrected chi connectivity index (χ3v) is 6.04. The normalized spacial score (nSPS) is 15.9. The smallest absolute Gasteiger partial charge is 0.410 e. The van der Waals surface area contributed by atoms with Crippen LogP contribution in [0.5, 0.6) is 0 Å². The summed E-state index contributed by atoms with van der Waals surface area (Å²) in [6, 6.07) is 17.4. The van der Waals surface area contributed by atoms with Crippen LogP contribution in [-0.4, -0.2) is 52.6 Å². The van der Waals surface area contributed by atoms with Gasteiger partial charge in [0.05, 0.1) is 17.6 Å². The Kier molecular flexibility index (Phi) is 8.12. The molecule has 3 aromatic rings. The molecular formula is C27H30FN5O3. The van der Waals surface area contributed by atoms with Crippen LogP contribution < -0.4 is 10.6 Å². The van der Waals surface area contributed by atoms with Crippen molar-refractivity contribution in [3.63, 3.8) is 0 Å². The van der Waals surface area contributed by atoms with E-state index in [4.69, 9.17) is 4.74 Å². The third kappa shape index (κ3) is 6.57. The van der Waals surface area contributed by atoms with Gasteiger partial charge in [0, 0.05) is 43.5 Å². The Morgan fingerprint density at radius 3 is 2.58 bits per heavy atom. The minimum absolute atomic E-state index is 0.0831. The molecule has 9 heteroatoms. The van der Waals surface area contributed by atoms with Crippen LogP contribution in [-0.2, 0) is 17.9 Å². The van der Waals surface area contributed by atoms with Crippen LogP contribution in [0.25, 0.3) is 0 Å². The van der Waals surface area contributed by atoms with Gasteiger partial charge in [-0.15, -0.1) is 0 Å². The maximum Gasteiger partial charge on any atom is 0.410 e. The topological polar surface area (TPSA) is 86.8 Å². The van der Waals surface area contributed by atoms with Crippen molar-refractivity contribution in [1.29, 1.82) is 0 Å². The van der Waals surface area contributed by atoms with E-state index in [0.717, 1.165) is 11.3 Å². The van der Waals surface area contributed by atoms with Gasteiger partial charge in [0.1, 0.15) is 6.61 Å². The van der Waals surface area contributed by atoms with E-state index in [1.165, 1.54) is 6.07 Å². The number of ether oxygens (including phenoxy) is 1. The molecular weight excluding hydrogens is 461 g/mol. The maximum atomic E-state index is 15.2. The van der Waals surface area contributed by atoms with E-state index in [-0.39, 0.29) is 24.4 Å². The predicted molar refractivity (Wildman–Crippen MR) is 136 cm³/mol. The molecule has 188 valence electrons. The van der Waals surface area contributed by atoms with Crippen molar-refractivity contribution in [1.82, 2.24) is 14.8 Å². The molecule has 1 atom stereocenters. The van der Waals surface area contributed by atoms with Gasteiger partial charge in [0.2, 0.25) is 0 Å². The molecule has 1 saturated heterocycles. The largest absolute Gasteiger partial charge is 0.445 e. The Morgan fingerprint density at radius 2 is 1.86 bits per heavy atom. The summed E-state index contributed by atoms with van der Waals surface area (Å²) in [5.74, 6) is -0.480. The summed E-state index contributed by atoms with van der Waals surface area (Å²) in [5, 5.41) is 5.22. The number of amides is 3. The molecule has 0 radical (unpaired) electrons. The van der Waals surface area contributed by atoms with Gasteiger partial charge in [0.15, 0.2) is 5.82 Å². The summed E-state index contributed by atoms with van der Waals surface area (Å²) >= 11 is 0. The number of rotatable bonds is 6. The summed E-state index contributed by atoms with van der Waals surface area (Å²) in [5.41, 5.74) is 2.85. The van der Waals surface area contributed by atoms with E-state index >= 15 is 4.39 Å². The Balaban J connectivity index is 1.30. The van der Waals surface area contributed by atoms with Crippen LogP contribution in [0.15, 0.2) is 66.9 Å². The van der Waals surface area contributed by atoms with Gasteiger partial charge in [0.25, 0.3) is 0 Å². The molecule has 0 unspecified atom stereocenters. The first-order valence-corrected chi connectivity index (χ1v) is 11.9. The molecule has 2 aromatic carbocycles. The van der Waals surface area contributed by atoms with E-state index in [1.807, 2.05) is 44.2 Å². The van der Waals surface area contributed by atoms with Gasteiger partial charge in [-0.2, -0.15) is 0 Å². The molecule has 2 N–H and O–H groups in total. The number of aromatic nitrogens is 1. The van der Waals surface area contributed by atoms with Crippen LogP contribution in [0.3, 0.4) is 0 Å². The summed E-state index contributed by atoms with van der Waals surface area (Å²) < 4.78 is 20.6. The van der Waals surface area contributed by atoms with Crippen molar-refractivity contribution in [2.45, 2.75) is 33.0 Å². The Hall–Kier alpha value is -3.98. The zero-order valence-corrected chi connectivity index (χ0v) is 20.4. The standard InChI is InChI=1S/C27H30FN5O3/c1-19-11-12-23(15-29-19)30-26(34)31-24-10-6-9-22(25(24)28)17-32-13-14-33(20(2)16-32)27(35)36-18-21-7-4-3-5-8-21/h3-12,15,20H,13-14,16-18H2,1-2H3,(H2,30,31,34)/t20-/m0/s1.